The molecule has 1 atom stereocenters. The van der Waals surface area contributed by atoms with Crippen LogP contribution in [0.1, 0.15) is 194 Å². The fourth-order valence-electron chi connectivity index (χ4n) is 6.08. The predicted molar refractivity (Wildman–Crippen MR) is 251 cm³/mol. The summed E-state index contributed by atoms with van der Waals surface area (Å²) >= 11 is 0. The average Bonchev–Trinajstić information content (AvgIpc) is 3.23. The number of allylic oxidation sites excluding steroid dienone is 18. The summed E-state index contributed by atoms with van der Waals surface area (Å²) in [5.41, 5.74) is 0. The molecule has 0 aromatic carbocycles. The van der Waals surface area contributed by atoms with Gasteiger partial charge in [0.2, 0.25) is 0 Å². The summed E-state index contributed by atoms with van der Waals surface area (Å²) < 4.78 is 10.6. The molecule has 0 saturated heterocycles. The van der Waals surface area contributed by atoms with Crippen LogP contribution in [-0.4, -0.2) is 36.4 Å². The predicted octanol–water partition coefficient (Wildman–Crippen LogP) is 15.4. The van der Waals surface area contributed by atoms with Gasteiger partial charge in [-0.25, -0.2) is 0 Å². The first-order chi connectivity index (χ1) is 28.6. The van der Waals surface area contributed by atoms with E-state index in [1.165, 1.54) is 77.0 Å². The highest BCUT2D eigenvalue weighted by Gasteiger charge is 2.16. The molecule has 328 valence electrons. The van der Waals surface area contributed by atoms with Crippen LogP contribution < -0.4 is 0 Å². The highest BCUT2D eigenvalue weighted by molar-refractivity contribution is 5.70. The number of rotatable bonds is 41. The van der Waals surface area contributed by atoms with Gasteiger partial charge in [-0.1, -0.05) is 213 Å². The molecule has 0 aliphatic carbocycles. The minimum Gasteiger partial charge on any atom is -0.462 e. The number of carbonyl (C=O) groups excluding carboxylic acids is 2. The third-order valence-electron chi connectivity index (χ3n) is 9.58. The van der Waals surface area contributed by atoms with Crippen molar-refractivity contribution in [2.24, 2.45) is 0 Å². The van der Waals surface area contributed by atoms with E-state index in [1.54, 1.807) is 0 Å². The van der Waals surface area contributed by atoms with Gasteiger partial charge in [0.1, 0.15) is 6.61 Å². The van der Waals surface area contributed by atoms with Crippen molar-refractivity contribution in [3.05, 3.63) is 109 Å². The summed E-state index contributed by atoms with van der Waals surface area (Å²) in [6.45, 7) is 3.97. The molecule has 0 rings (SSSR count). The van der Waals surface area contributed by atoms with E-state index < -0.39 is 6.10 Å². The molecule has 0 fully saturated rings. The van der Waals surface area contributed by atoms with Gasteiger partial charge in [-0.3, -0.25) is 9.59 Å². The number of carbonyl (C=O) groups is 2. The van der Waals surface area contributed by atoms with E-state index in [4.69, 9.17) is 9.47 Å². The molecule has 1 unspecified atom stereocenters. The van der Waals surface area contributed by atoms with Crippen molar-refractivity contribution in [3.8, 4) is 0 Å². The number of unbranched alkanes of at least 4 members (excludes halogenated alkanes) is 15. The van der Waals surface area contributed by atoms with E-state index in [2.05, 4.69) is 123 Å². The SMILES string of the molecule is CC/C=C\C/C=C\C/C=C\C/C=C\C/C=C\C/C=C\C/C=C\C/C=C\C/C=C\CCCC(=O)OC(CO)COC(=O)CCCCCCCCCCCCCCCCC. The number of hydrogen-bond donors (Lipinski definition) is 1. The second-order valence-corrected chi connectivity index (χ2v) is 15.1. The van der Waals surface area contributed by atoms with Crippen molar-refractivity contribution in [3.63, 3.8) is 0 Å². The van der Waals surface area contributed by atoms with Gasteiger partial charge in [-0.15, -0.1) is 0 Å². The summed E-state index contributed by atoms with van der Waals surface area (Å²) in [7, 11) is 0. The molecule has 0 aromatic heterocycles. The Hall–Kier alpha value is -3.44. The number of esters is 2. The summed E-state index contributed by atoms with van der Waals surface area (Å²) in [6, 6.07) is 0. The molecule has 0 radical (unpaired) electrons. The van der Waals surface area contributed by atoms with E-state index in [0.29, 0.717) is 12.8 Å². The zero-order valence-electron chi connectivity index (χ0n) is 37.3. The van der Waals surface area contributed by atoms with Crippen LogP contribution in [0.3, 0.4) is 0 Å². The Morgan fingerprint density at radius 3 is 1.10 bits per heavy atom. The Morgan fingerprint density at radius 2 is 0.741 bits per heavy atom. The molecule has 5 heteroatoms. The number of aliphatic hydroxyl groups excluding tert-OH is 1. The van der Waals surface area contributed by atoms with Crippen LogP contribution in [0.15, 0.2) is 109 Å². The quantitative estimate of drug-likeness (QED) is 0.0379. The van der Waals surface area contributed by atoms with Crippen LogP contribution in [0.2, 0.25) is 0 Å². The van der Waals surface area contributed by atoms with Gasteiger partial charge in [0.15, 0.2) is 6.10 Å². The maximum absolute atomic E-state index is 12.2. The Balaban J connectivity index is 3.71. The van der Waals surface area contributed by atoms with Crippen LogP contribution in [0.4, 0.5) is 0 Å². The summed E-state index contributed by atoms with van der Waals surface area (Å²) in [5, 5.41) is 9.59. The van der Waals surface area contributed by atoms with Gasteiger partial charge in [0, 0.05) is 12.8 Å². The Kier molecular flexibility index (Phi) is 45.1. The molecule has 58 heavy (non-hydrogen) atoms. The fourth-order valence-corrected chi connectivity index (χ4v) is 6.08. The maximum Gasteiger partial charge on any atom is 0.306 e. The molecule has 0 spiro atoms. The lowest BCUT2D eigenvalue weighted by molar-refractivity contribution is -0.161. The van der Waals surface area contributed by atoms with E-state index in [0.717, 1.165) is 83.5 Å². The second kappa shape index (κ2) is 47.9. The topological polar surface area (TPSA) is 72.8 Å². The van der Waals surface area contributed by atoms with Gasteiger partial charge in [0.25, 0.3) is 0 Å². The lowest BCUT2D eigenvalue weighted by Crippen LogP contribution is -2.28. The van der Waals surface area contributed by atoms with Gasteiger partial charge in [-0.05, 0) is 77.0 Å². The van der Waals surface area contributed by atoms with Crippen molar-refractivity contribution >= 4 is 11.9 Å². The minimum atomic E-state index is -0.808. The van der Waals surface area contributed by atoms with E-state index >= 15 is 0 Å². The Morgan fingerprint density at radius 1 is 0.414 bits per heavy atom. The fraction of sp³-hybridized carbons (Fsp3) is 0.623. The Bertz CT molecular complexity index is 1180. The van der Waals surface area contributed by atoms with Gasteiger partial charge in [-0.2, -0.15) is 0 Å². The summed E-state index contributed by atoms with van der Waals surface area (Å²) in [5.74, 6) is -0.665. The second-order valence-electron chi connectivity index (χ2n) is 15.1. The Labute approximate surface area is 357 Å². The molecule has 0 aliphatic heterocycles. The highest BCUT2D eigenvalue weighted by atomic mass is 16.6. The first kappa shape index (κ1) is 54.6. The van der Waals surface area contributed by atoms with Gasteiger partial charge >= 0.3 is 11.9 Å². The molecule has 0 heterocycles. The van der Waals surface area contributed by atoms with Crippen molar-refractivity contribution in [1.82, 2.24) is 0 Å². The third-order valence-corrected chi connectivity index (χ3v) is 9.58. The first-order valence-corrected chi connectivity index (χ1v) is 23.4. The van der Waals surface area contributed by atoms with Crippen LogP contribution in [-0.2, 0) is 19.1 Å². The molecule has 0 saturated carbocycles. The van der Waals surface area contributed by atoms with Crippen molar-refractivity contribution in [1.29, 1.82) is 0 Å². The van der Waals surface area contributed by atoms with E-state index in [-0.39, 0.29) is 31.6 Å². The van der Waals surface area contributed by atoms with Gasteiger partial charge in [0.05, 0.1) is 6.61 Å². The number of aliphatic hydroxyl groups is 1. The molecular weight excluding hydrogens is 717 g/mol. The largest absolute Gasteiger partial charge is 0.462 e. The normalized spacial score (nSPS) is 13.2. The molecular formula is C53H86O5. The minimum absolute atomic E-state index is 0.0935. The smallest absolute Gasteiger partial charge is 0.306 e. The lowest BCUT2D eigenvalue weighted by Gasteiger charge is -2.15. The van der Waals surface area contributed by atoms with Crippen molar-refractivity contribution in [2.75, 3.05) is 13.2 Å². The number of ether oxygens (including phenoxy) is 2. The lowest BCUT2D eigenvalue weighted by atomic mass is 10.0. The van der Waals surface area contributed by atoms with Crippen LogP contribution in [0.5, 0.6) is 0 Å². The van der Waals surface area contributed by atoms with Crippen molar-refractivity contribution in [2.45, 2.75) is 200 Å². The molecule has 0 aromatic rings. The zero-order chi connectivity index (χ0) is 42.1. The van der Waals surface area contributed by atoms with Crippen LogP contribution in [0.25, 0.3) is 0 Å². The van der Waals surface area contributed by atoms with E-state index in [1.807, 2.05) is 0 Å². The van der Waals surface area contributed by atoms with Crippen molar-refractivity contribution < 1.29 is 24.2 Å². The van der Waals surface area contributed by atoms with Crippen LogP contribution in [0, 0.1) is 0 Å². The average molecular weight is 803 g/mol. The summed E-state index contributed by atoms with van der Waals surface area (Å²) in [6.07, 6.45) is 68.8. The molecule has 5 nitrogen and oxygen atoms in total. The molecule has 1 N–H and O–H groups in total. The zero-order valence-corrected chi connectivity index (χ0v) is 37.3. The third kappa shape index (κ3) is 45.3. The molecule has 0 aliphatic rings. The van der Waals surface area contributed by atoms with E-state index in [9.17, 15) is 14.7 Å². The first-order valence-electron chi connectivity index (χ1n) is 23.4. The standard InChI is InChI=1S/C53H86O5/c1-3-5-7-9-11-13-15-17-19-20-21-22-23-24-25-26-27-28-29-30-31-32-34-36-38-40-42-44-46-48-53(56)58-51(49-54)50-57-52(55)47-45-43-41-39-37-35-33-18-16-14-12-10-8-6-4-2/h5,7,11,13,17,19,21-22,24-25,27-28,30-31,34,36,40,42,51,54H,3-4,6,8-10,12,14-16,18,20,23,26,29,32-33,35,37-39,41,43-50H2,1-2H3/b7-5-,13-11-,19-17-,22-21-,25-24-,28-27-,31-30-,36-34-,42-40-. The van der Waals surface area contributed by atoms with Crippen LogP contribution >= 0.6 is 0 Å². The highest BCUT2D eigenvalue weighted by Crippen LogP contribution is 2.14. The monoisotopic (exact) mass is 803 g/mol. The number of hydrogen-bond acceptors (Lipinski definition) is 5. The molecule has 0 bridgehead atoms. The molecule has 0 amide bonds. The summed E-state index contributed by atoms with van der Waals surface area (Å²) in [4.78, 5) is 24.3. The van der Waals surface area contributed by atoms with Gasteiger partial charge < -0.3 is 14.6 Å². The maximum atomic E-state index is 12.2.